The second-order valence-electron chi connectivity index (χ2n) is 3.86. The first kappa shape index (κ1) is 8.43. The van der Waals surface area contributed by atoms with Crippen molar-refractivity contribution in [3.8, 4) is 0 Å². The molecule has 1 atom stereocenters. The minimum atomic E-state index is -2.57. The Kier molecular flexibility index (Phi) is 2.70. The monoisotopic (exact) mass is 251 g/mol. The molecule has 0 N–H and O–H groups in total. The average molecular weight is 251 g/mol. The van der Waals surface area contributed by atoms with Crippen LogP contribution in [0, 0.1) is 5.92 Å². The lowest BCUT2D eigenvalue weighted by Crippen LogP contribution is -2.25. The van der Waals surface area contributed by atoms with Crippen LogP contribution in [0.5, 0.6) is 0 Å². The highest BCUT2D eigenvalue weighted by atomic mass is 16.5. The number of hydrogen-bond acceptors (Lipinski definition) is 4. The van der Waals surface area contributed by atoms with Gasteiger partial charge in [-0.1, -0.05) is 30.3 Å². The molecule has 4 heteroatoms. The number of carbonyl (C=O) groups excluding carboxylic acids is 2. The van der Waals surface area contributed by atoms with Crippen LogP contribution in [0.25, 0.3) is 0 Å². The molecule has 1 aromatic rings. The number of nitrogens with zero attached hydrogens (tertiary/aromatic N) is 1. The Balaban J connectivity index is 2.36. The summed E-state index contributed by atoms with van der Waals surface area (Å²) in [4.78, 5) is 24.9. The maximum Gasteiger partial charge on any atom is 0.317 e. The Labute approximate surface area is 112 Å². The third kappa shape index (κ3) is 2.96. The molecule has 0 aliphatic carbocycles. The predicted octanol–water partition coefficient (Wildman–Crippen LogP) is 1.25. The Morgan fingerprint density at radius 2 is 2.22 bits per heavy atom. The van der Waals surface area contributed by atoms with Gasteiger partial charge in [0.2, 0.25) is 0 Å². The zero-order chi connectivity index (χ0) is 16.5. The molecule has 4 nitrogen and oxygen atoms in total. The standard InChI is InChI=1S/C14H17NO3/c1-2-18-14(17)12-9-15(10-13(12)16)8-11-6-4-3-5-7-11/h3-7,12H,2,8-10H2,1H3/i9D2,10D2. The van der Waals surface area contributed by atoms with Crippen molar-refractivity contribution in [1.82, 2.24) is 4.90 Å². The lowest BCUT2D eigenvalue weighted by atomic mass is 10.1. The maximum atomic E-state index is 12.2. The highest BCUT2D eigenvalue weighted by Crippen LogP contribution is 2.17. The summed E-state index contributed by atoms with van der Waals surface area (Å²) >= 11 is 0. The molecule has 1 fully saturated rings. The van der Waals surface area contributed by atoms with Crippen molar-refractivity contribution in [3.63, 3.8) is 0 Å². The number of ketones is 1. The van der Waals surface area contributed by atoms with Gasteiger partial charge >= 0.3 is 5.97 Å². The fourth-order valence-corrected chi connectivity index (χ4v) is 1.68. The summed E-state index contributed by atoms with van der Waals surface area (Å²) in [5, 5.41) is 0. The summed E-state index contributed by atoms with van der Waals surface area (Å²) in [6.07, 6.45) is 0. The summed E-state index contributed by atoms with van der Waals surface area (Å²) in [6.45, 7) is -3.61. The van der Waals surface area contributed by atoms with Crippen molar-refractivity contribution >= 4 is 11.8 Å². The molecule has 0 radical (unpaired) electrons. The van der Waals surface area contributed by atoms with Gasteiger partial charge in [-0.3, -0.25) is 14.5 Å². The van der Waals surface area contributed by atoms with Crippen LogP contribution in [0.4, 0.5) is 0 Å². The van der Waals surface area contributed by atoms with Crippen LogP contribution in [0.3, 0.4) is 0 Å². The smallest absolute Gasteiger partial charge is 0.317 e. The van der Waals surface area contributed by atoms with Gasteiger partial charge in [0.05, 0.1) is 15.8 Å². The van der Waals surface area contributed by atoms with E-state index in [9.17, 15) is 9.59 Å². The first-order valence-electron chi connectivity index (χ1n) is 7.75. The number of benzene rings is 1. The number of esters is 1. The average Bonchev–Trinajstić information content (AvgIpc) is 2.57. The van der Waals surface area contributed by atoms with Crippen LogP contribution in [0.1, 0.15) is 18.0 Å². The SMILES string of the molecule is [2H]C1([2H])C(=O)C(C(=O)OCC)C([2H])([2H])N1Cc1ccccc1. The van der Waals surface area contributed by atoms with E-state index in [1.54, 1.807) is 37.3 Å². The fraction of sp³-hybridized carbons (Fsp3) is 0.429. The van der Waals surface area contributed by atoms with Crippen molar-refractivity contribution < 1.29 is 19.8 Å². The van der Waals surface area contributed by atoms with Crippen LogP contribution in [0.2, 0.25) is 0 Å². The van der Waals surface area contributed by atoms with Crippen LogP contribution in [-0.4, -0.2) is 36.3 Å². The van der Waals surface area contributed by atoms with E-state index in [1.165, 1.54) is 0 Å². The van der Waals surface area contributed by atoms with Gasteiger partial charge in [-0.05, 0) is 12.5 Å². The Hall–Kier alpha value is -1.68. The first-order chi connectivity index (χ1) is 10.2. The highest BCUT2D eigenvalue weighted by Gasteiger charge is 2.36. The number of rotatable bonds is 4. The molecule has 0 amide bonds. The minimum absolute atomic E-state index is 0.000376. The molecule has 18 heavy (non-hydrogen) atoms. The van der Waals surface area contributed by atoms with Crippen LogP contribution < -0.4 is 0 Å². The van der Waals surface area contributed by atoms with Crippen LogP contribution >= 0.6 is 0 Å². The molecule has 0 bridgehead atoms. The second kappa shape index (κ2) is 5.78. The summed E-state index contributed by atoms with van der Waals surface area (Å²) in [7, 11) is 0. The van der Waals surface area contributed by atoms with Crippen LogP contribution in [0.15, 0.2) is 30.3 Å². The van der Waals surface area contributed by atoms with Crippen molar-refractivity contribution in [1.29, 1.82) is 0 Å². The van der Waals surface area contributed by atoms with E-state index in [4.69, 9.17) is 10.2 Å². The Morgan fingerprint density at radius 3 is 2.89 bits per heavy atom. The largest absolute Gasteiger partial charge is 0.465 e. The van der Waals surface area contributed by atoms with Gasteiger partial charge < -0.3 is 4.74 Å². The molecular weight excluding hydrogens is 230 g/mol. The summed E-state index contributed by atoms with van der Waals surface area (Å²) in [5.41, 5.74) is 0.646. The number of Topliss-reactive ketones (excluding diaryl/α,β-unsaturated/α-hetero) is 1. The molecular formula is C14H17NO3. The first-order valence-corrected chi connectivity index (χ1v) is 5.75. The van der Waals surface area contributed by atoms with E-state index in [2.05, 4.69) is 0 Å². The van der Waals surface area contributed by atoms with Gasteiger partial charge in [-0.25, -0.2) is 0 Å². The molecule has 1 aromatic carbocycles. The molecule has 0 spiro atoms. The zero-order valence-corrected chi connectivity index (χ0v) is 10.1. The number of ether oxygens (including phenoxy) is 1. The van der Waals surface area contributed by atoms with Gasteiger partial charge in [-0.2, -0.15) is 0 Å². The van der Waals surface area contributed by atoms with E-state index in [1.807, 2.05) is 0 Å². The van der Waals surface area contributed by atoms with Gasteiger partial charge in [-0.15, -0.1) is 0 Å². The number of carbonyl (C=O) groups is 2. The number of likely N-dealkylation sites (tertiary alicyclic amines) is 1. The third-order valence-corrected chi connectivity index (χ3v) is 2.50. The van der Waals surface area contributed by atoms with E-state index in [0.29, 0.717) is 5.56 Å². The minimum Gasteiger partial charge on any atom is -0.465 e. The normalized spacial score (nSPS) is 28.9. The molecule has 1 aliphatic rings. The topological polar surface area (TPSA) is 46.6 Å². The van der Waals surface area contributed by atoms with Crippen molar-refractivity contribution in [2.45, 2.75) is 13.5 Å². The third-order valence-electron chi connectivity index (χ3n) is 2.50. The molecule has 1 unspecified atom stereocenters. The molecule has 96 valence electrons. The highest BCUT2D eigenvalue weighted by molar-refractivity contribution is 6.01. The van der Waals surface area contributed by atoms with Crippen molar-refractivity contribution in [2.75, 3.05) is 19.6 Å². The quantitative estimate of drug-likeness (QED) is 0.597. The molecule has 1 aliphatic heterocycles. The predicted molar refractivity (Wildman–Crippen MR) is 66.8 cm³/mol. The lowest BCUT2D eigenvalue weighted by Gasteiger charge is -2.14. The maximum absolute atomic E-state index is 12.2. The summed E-state index contributed by atoms with van der Waals surface area (Å²) < 4.78 is 36.7. The van der Waals surface area contributed by atoms with Gasteiger partial charge in [0.25, 0.3) is 0 Å². The molecule has 1 heterocycles. The molecule has 2 rings (SSSR count). The number of hydrogen-bond donors (Lipinski definition) is 0. The van der Waals surface area contributed by atoms with Gasteiger partial charge in [0.1, 0.15) is 5.92 Å². The van der Waals surface area contributed by atoms with Crippen molar-refractivity contribution in [3.05, 3.63) is 35.9 Å². The lowest BCUT2D eigenvalue weighted by molar-refractivity contribution is -0.149. The van der Waals surface area contributed by atoms with E-state index < -0.39 is 30.7 Å². The summed E-state index contributed by atoms with van der Waals surface area (Å²) in [6, 6.07) is 8.66. The van der Waals surface area contributed by atoms with Crippen molar-refractivity contribution in [2.24, 2.45) is 5.92 Å². The van der Waals surface area contributed by atoms with Gasteiger partial charge in [0.15, 0.2) is 5.78 Å². The Bertz CT molecular complexity index is 577. The summed E-state index contributed by atoms with van der Waals surface area (Å²) in [5.74, 6) is -3.92. The molecule has 0 aromatic heterocycles. The second-order valence-corrected chi connectivity index (χ2v) is 3.86. The van der Waals surface area contributed by atoms with E-state index in [-0.39, 0.29) is 13.2 Å². The molecule has 0 saturated carbocycles. The fourth-order valence-electron chi connectivity index (χ4n) is 1.68. The van der Waals surface area contributed by atoms with E-state index in [0.717, 1.165) is 4.90 Å². The van der Waals surface area contributed by atoms with E-state index >= 15 is 0 Å². The van der Waals surface area contributed by atoms with Crippen LogP contribution in [-0.2, 0) is 20.9 Å². The zero-order valence-electron chi connectivity index (χ0n) is 14.1. The van der Waals surface area contributed by atoms with Gasteiger partial charge in [0, 0.05) is 15.8 Å². The molecule has 1 saturated heterocycles. The Morgan fingerprint density at radius 1 is 1.50 bits per heavy atom.